The quantitative estimate of drug-likeness (QED) is 0.651. The van der Waals surface area contributed by atoms with E-state index < -0.39 is 12.2 Å². The SMILES string of the molecule is CNCCC(O)C(O)c1csc(C(C)=O)c1. The maximum absolute atomic E-state index is 11.1. The summed E-state index contributed by atoms with van der Waals surface area (Å²) in [6.07, 6.45) is -1.25. The average molecular weight is 243 g/mol. The Kier molecular flexibility index (Phi) is 5.08. The minimum Gasteiger partial charge on any atom is -0.390 e. The average Bonchev–Trinajstić information content (AvgIpc) is 2.74. The van der Waals surface area contributed by atoms with E-state index in [1.165, 1.54) is 18.3 Å². The summed E-state index contributed by atoms with van der Waals surface area (Å²) in [4.78, 5) is 11.7. The van der Waals surface area contributed by atoms with E-state index in [0.29, 0.717) is 23.4 Å². The lowest BCUT2D eigenvalue weighted by Crippen LogP contribution is -2.23. The van der Waals surface area contributed by atoms with E-state index in [1.807, 2.05) is 0 Å². The van der Waals surface area contributed by atoms with Crippen molar-refractivity contribution < 1.29 is 15.0 Å². The van der Waals surface area contributed by atoms with Gasteiger partial charge in [-0.15, -0.1) is 11.3 Å². The molecule has 0 saturated heterocycles. The van der Waals surface area contributed by atoms with E-state index in [-0.39, 0.29) is 5.78 Å². The van der Waals surface area contributed by atoms with Gasteiger partial charge in [-0.3, -0.25) is 4.79 Å². The van der Waals surface area contributed by atoms with Crippen LogP contribution in [0.2, 0.25) is 0 Å². The summed E-state index contributed by atoms with van der Waals surface area (Å²) in [5.74, 6) is -0.0202. The van der Waals surface area contributed by atoms with Crippen molar-refractivity contribution in [1.82, 2.24) is 5.32 Å². The van der Waals surface area contributed by atoms with Crippen LogP contribution in [0.25, 0.3) is 0 Å². The molecule has 3 N–H and O–H groups in total. The molecule has 0 fully saturated rings. The van der Waals surface area contributed by atoms with Crippen LogP contribution in [0.5, 0.6) is 0 Å². The number of aliphatic hydroxyl groups excluding tert-OH is 2. The second-order valence-electron chi connectivity index (χ2n) is 3.70. The zero-order valence-electron chi connectivity index (χ0n) is 9.43. The van der Waals surface area contributed by atoms with Gasteiger partial charge in [0.2, 0.25) is 0 Å². The summed E-state index contributed by atoms with van der Waals surface area (Å²) in [6, 6.07) is 1.64. The number of rotatable bonds is 6. The van der Waals surface area contributed by atoms with Gasteiger partial charge in [0.1, 0.15) is 6.10 Å². The van der Waals surface area contributed by atoms with Crippen molar-refractivity contribution >= 4 is 17.1 Å². The molecule has 5 heteroatoms. The molecule has 2 atom stereocenters. The molecule has 1 heterocycles. The maximum Gasteiger partial charge on any atom is 0.169 e. The lowest BCUT2D eigenvalue weighted by molar-refractivity contribution is 0.0142. The van der Waals surface area contributed by atoms with E-state index in [9.17, 15) is 15.0 Å². The minimum absolute atomic E-state index is 0.0202. The Labute approximate surface area is 98.9 Å². The Morgan fingerprint density at radius 2 is 2.25 bits per heavy atom. The Bertz CT molecular complexity index is 351. The van der Waals surface area contributed by atoms with Crippen molar-refractivity contribution in [3.05, 3.63) is 21.9 Å². The zero-order chi connectivity index (χ0) is 12.1. The first-order valence-corrected chi connectivity index (χ1v) is 6.04. The molecule has 0 radical (unpaired) electrons. The van der Waals surface area contributed by atoms with Gasteiger partial charge >= 0.3 is 0 Å². The normalized spacial score (nSPS) is 14.8. The van der Waals surface area contributed by atoms with Crippen LogP contribution in [-0.2, 0) is 0 Å². The van der Waals surface area contributed by atoms with Crippen LogP contribution in [0, 0.1) is 0 Å². The van der Waals surface area contributed by atoms with Gasteiger partial charge in [-0.25, -0.2) is 0 Å². The Morgan fingerprint density at radius 1 is 1.56 bits per heavy atom. The van der Waals surface area contributed by atoms with E-state index in [2.05, 4.69) is 5.32 Å². The van der Waals surface area contributed by atoms with Crippen molar-refractivity contribution in [3.8, 4) is 0 Å². The molecule has 4 nitrogen and oxygen atoms in total. The molecule has 1 rings (SSSR count). The van der Waals surface area contributed by atoms with Crippen LogP contribution in [-0.4, -0.2) is 35.7 Å². The smallest absolute Gasteiger partial charge is 0.169 e. The van der Waals surface area contributed by atoms with Crippen molar-refractivity contribution in [1.29, 1.82) is 0 Å². The van der Waals surface area contributed by atoms with E-state index in [4.69, 9.17) is 0 Å². The summed E-state index contributed by atoms with van der Waals surface area (Å²) in [7, 11) is 1.79. The van der Waals surface area contributed by atoms with Gasteiger partial charge in [-0.1, -0.05) is 0 Å². The second kappa shape index (κ2) is 6.10. The van der Waals surface area contributed by atoms with Gasteiger partial charge in [0.15, 0.2) is 5.78 Å². The predicted molar refractivity (Wildman–Crippen MR) is 63.8 cm³/mol. The molecule has 2 unspecified atom stereocenters. The fourth-order valence-corrected chi connectivity index (χ4v) is 2.20. The molecule has 90 valence electrons. The van der Waals surface area contributed by atoms with Crippen LogP contribution in [0.3, 0.4) is 0 Å². The first-order valence-electron chi connectivity index (χ1n) is 5.16. The highest BCUT2D eigenvalue weighted by Gasteiger charge is 2.19. The van der Waals surface area contributed by atoms with Gasteiger partial charge in [0.25, 0.3) is 0 Å². The number of Topliss-reactive ketones (excluding diaryl/α,β-unsaturated/α-hetero) is 1. The second-order valence-corrected chi connectivity index (χ2v) is 4.62. The largest absolute Gasteiger partial charge is 0.390 e. The van der Waals surface area contributed by atoms with Crippen molar-refractivity contribution in [2.45, 2.75) is 25.6 Å². The maximum atomic E-state index is 11.1. The van der Waals surface area contributed by atoms with Crippen molar-refractivity contribution in [2.75, 3.05) is 13.6 Å². The summed E-state index contributed by atoms with van der Waals surface area (Å²) >= 11 is 1.29. The number of ketones is 1. The number of hydrogen-bond acceptors (Lipinski definition) is 5. The molecule has 0 aliphatic heterocycles. The third-order valence-corrected chi connectivity index (χ3v) is 3.41. The minimum atomic E-state index is -0.919. The third-order valence-electron chi connectivity index (χ3n) is 2.36. The molecule has 0 aliphatic rings. The van der Waals surface area contributed by atoms with E-state index in [0.717, 1.165) is 0 Å². The summed E-state index contributed by atoms with van der Waals surface area (Å²) in [5.41, 5.74) is 0.610. The molecule has 16 heavy (non-hydrogen) atoms. The van der Waals surface area contributed by atoms with Crippen LogP contribution in [0.4, 0.5) is 0 Å². The molecular formula is C11H17NO3S. The van der Waals surface area contributed by atoms with Gasteiger partial charge < -0.3 is 15.5 Å². The lowest BCUT2D eigenvalue weighted by Gasteiger charge is -2.16. The van der Waals surface area contributed by atoms with Gasteiger partial charge in [-0.2, -0.15) is 0 Å². The summed E-state index contributed by atoms with van der Waals surface area (Å²) in [5, 5.41) is 24.1. The Balaban J connectivity index is 2.64. The van der Waals surface area contributed by atoms with Gasteiger partial charge in [-0.05, 0) is 43.9 Å². The topological polar surface area (TPSA) is 69.6 Å². The van der Waals surface area contributed by atoms with Crippen molar-refractivity contribution in [3.63, 3.8) is 0 Å². The first kappa shape index (κ1) is 13.3. The standard InChI is InChI=1S/C11H17NO3S/c1-7(13)10-5-8(6-16-10)11(15)9(14)3-4-12-2/h5-6,9,11-12,14-15H,3-4H2,1-2H3. The lowest BCUT2D eigenvalue weighted by atomic mass is 10.0. The molecule has 0 spiro atoms. The number of carbonyl (C=O) groups excluding carboxylic acids is 1. The van der Waals surface area contributed by atoms with E-state index in [1.54, 1.807) is 18.5 Å². The molecule has 0 bridgehead atoms. The molecule has 1 aromatic rings. The monoisotopic (exact) mass is 243 g/mol. The number of aliphatic hydroxyl groups is 2. The Morgan fingerprint density at radius 3 is 2.75 bits per heavy atom. The highest BCUT2D eigenvalue weighted by Crippen LogP contribution is 2.24. The number of carbonyl (C=O) groups is 1. The van der Waals surface area contributed by atoms with Gasteiger partial charge in [0, 0.05) is 0 Å². The summed E-state index contributed by atoms with van der Waals surface area (Å²) in [6.45, 7) is 2.13. The number of nitrogens with one attached hydrogen (secondary N) is 1. The molecule has 1 aromatic heterocycles. The van der Waals surface area contributed by atoms with Crippen LogP contribution < -0.4 is 5.32 Å². The van der Waals surface area contributed by atoms with E-state index >= 15 is 0 Å². The number of thiophene rings is 1. The summed E-state index contributed by atoms with van der Waals surface area (Å²) < 4.78 is 0. The number of hydrogen-bond donors (Lipinski definition) is 3. The predicted octanol–water partition coefficient (Wildman–Crippen LogP) is 0.955. The highest BCUT2D eigenvalue weighted by molar-refractivity contribution is 7.12. The van der Waals surface area contributed by atoms with Gasteiger partial charge in [0.05, 0.1) is 11.0 Å². The molecule has 0 saturated carbocycles. The fourth-order valence-electron chi connectivity index (χ4n) is 1.36. The van der Waals surface area contributed by atoms with Crippen LogP contribution >= 0.6 is 11.3 Å². The van der Waals surface area contributed by atoms with Crippen molar-refractivity contribution in [2.24, 2.45) is 0 Å². The molecule has 0 aromatic carbocycles. The third kappa shape index (κ3) is 3.38. The van der Waals surface area contributed by atoms with Crippen LogP contribution in [0.15, 0.2) is 11.4 Å². The zero-order valence-corrected chi connectivity index (χ0v) is 10.3. The molecule has 0 aliphatic carbocycles. The Hall–Kier alpha value is -0.750. The highest BCUT2D eigenvalue weighted by atomic mass is 32.1. The first-order chi connectivity index (χ1) is 7.56. The van der Waals surface area contributed by atoms with Crippen LogP contribution in [0.1, 0.15) is 34.7 Å². The fraction of sp³-hybridized carbons (Fsp3) is 0.545. The molecular weight excluding hydrogens is 226 g/mol. The molecule has 0 amide bonds.